The standard InChI is InChI=1S/C26H29N5O5/c1-26-13-12-24(33)30(26)22-6-3-2-5-21(22)25(34)29(26)14-4-7-23(32)28-17-15-27(16-18-28)19-8-10-20(11-9-19)31(35)36/h2-3,5-6,8-11H,4,7,12-18H2,1H3. The van der Waals surface area contributed by atoms with Gasteiger partial charge in [-0.1, -0.05) is 12.1 Å². The third kappa shape index (κ3) is 4.06. The van der Waals surface area contributed by atoms with Gasteiger partial charge in [0.1, 0.15) is 5.66 Å². The normalized spacial score (nSPS) is 21.5. The molecule has 0 bridgehead atoms. The van der Waals surface area contributed by atoms with Gasteiger partial charge in [0.25, 0.3) is 11.6 Å². The average Bonchev–Trinajstić information content (AvgIpc) is 3.21. The van der Waals surface area contributed by atoms with Crippen LogP contribution in [-0.4, -0.2) is 70.8 Å². The van der Waals surface area contributed by atoms with Gasteiger partial charge < -0.3 is 14.7 Å². The van der Waals surface area contributed by atoms with Gasteiger partial charge in [0.15, 0.2) is 0 Å². The number of carbonyl (C=O) groups is 3. The number of rotatable bonds is 6. The number of benzene rings is 2. The van der Waals surface area contributed by atoms with Crippen molar-refractivity contribution in [3.63, 3.8) is 0 Å². The van der Waals surface area contributed by atoms with E-state index in [9.17, 15) is 24.5 Å². The number of piperazine rings is 1. The molecule has 0 saturated carbocycles. The molecule has 10 nitrogen and oxygen atoms in total. The molecule has 3 aliphatic heterocycles. The fourth-order valence-electron chi connectivity index (χ4n) is 5.59. The highest BCUT2D eigenvalue weighted by Gasteiger charge is 2.52. The summed E-state index contributed by atoms with van der Waals surface area (Å²) < 4.78 is 0. The Balaban J connectivity index is 1.17. The molecule has 1 atom stereocenters. The summed E-state index contributed by atoms with van der Waals surface area (Å²) in [7, 11) is 0. The molecule has 10 heteroatoms. The van der Waals surface area contributed by atoms with Crippen LogP contribution >= 0.6 is 0 Å². The van der Waals surface area contributed by atoms with Crippen molar-refractivity contribution in [2.75, 3.05) is 42.5 Å². The Morgan fingerprint density at radius 2 is 1.72 bits per heavy atom. The number of non-ortho nitro benzene ring substituents is 1. The summed E-state index contributed by atoms with van der Waals surface area (Å²) in [6, 6.07) is 13.7. The van der Waals surface area contributed by atoms with E-state index in [2.05, 4.69) is 4.90 Å². The Morgan fingerprint density at radius 3 is 2.42 bits per heavy atom. The van der Waals surface area contributed by atoms with Crippen LogP contribution in [0.3, 0.4) is 0 Å². The second-order valence-corrected chi connectivity index (χ2v) is 9.66. The zero-order valence-corrected chi connectivity index (χ0v) is 20.3. The van der Waals surface area contributed by atoms with Gasteiger partial charge >= 0.3 is 0 Å². The first-order valence-electron chi connectivity index (χ1n) is 12.3. The third-order valence-electron chi connectivity index (χ3n) is 7.58. The maximum absolute atomic E-state index is 13.3. The van der Waals surface area contributed by atoms with Gasteiger partial charge in [0.2, 0.25) is 11.8 Å². The lowest BCUT2D eigenvalue weighted by atomic mass is 9.98. The number of hydrogen-bond donors (Lipinski definition) is 0. The molecule has 36 heavy (non-hydrogen) atoms. The van der Waals surface area contributed by atoms with Gasteiger partial charge in [-0.25, -0.2) is 0 Å². The van der Waals surface area contributed by atoms with Crippen LogP contribution in [0.2, 0.25) is 0 Å². The number of para-hydroxylation sites is 1. The number of fused-ring (bicyclic) bond motifs is 3. The minimum absolute atomic E-state index is 0.0180. The van der Waals surface area contributed by atoms with Gasteiger partial charge in [-0.05, 0) is 44.0 Å². The Kier molecular flexibility index (Phi) is 6.11. The van der Waals surface area contributed by atoms with E-state index in [-0.39, 0.29) is 23.4 Å². The van der Waals surface area contributed by atoms with E-state index < -0.39 is 10.6 Å². The molecule has 188 valence electrons. The number of nitro benzene ring substituents is 1. The van der Waals surface area contributed by atoms with Gasteiger partial charge in [0.05, 0.1) is 16.2 Å². The van der Waals surface area contributed by atoms with Gasteiger partial charge in [-0.3, -0.25) is 29.4 Å². The smallest absolute Gasteiger partial charge is 0.269 e. The number of amides is 3. The van der Waals surface area contributed by atoms with E-state index in [1.165, 1.54) is 12.1 Å². The zero-order chi connectivity index (χ0) is 25.4. The van der Waals surface area contributed by atoms with Crippen LogP contribution in [0, 0.1) is 10.1 Å². The molecule has 0 N–H and O–H groups in total. The van der Waals surface area contributed by atoms with E-state index in [1.54, 1.807) is 34.1 Å². The molecule has 3 heterocycles. The molecule has 2 saturated heterocycles. The first kappa shape index (κ1) is 23.8. The minimum Gasteiger partial charge on any atom is -0.368 e. The molecule has 2 fully saturated rings. The molecular formula is C26H29N5O5. The van der Waals surface area contributed by atoms with E-state index in [0.717, 1.165) is 5.69 Å². The topological polar surface area (TPSA) is 107 Å². The van der Waals surface area contributed by atoms with Crippen LogP contribution in [0.1, 0.15) is 43.0 Å². The summed E-state index contributed by atoms with van der Waals surface area (Å²) in [6.45, 7) is 4.80. The van der Waals surface area contributed by atoms with E-state index in [0.29, 0.717) is 69.7 Å². The lowest BCUT2D eigenvalue weighted by molar-refractivity contribution is -0.384. The maximum Gasteiger partial charge on any atom is 0.269 e. The van der Waals surface area contributed by atoms with Gasteiger partial charge in [0, 0.05) is 63.4 Å². The highest BCUT2D eigenvalue weighted by Crippen LogP contribution is 2.44. The van der Waals surface area contributed by atoms with Crippen LogP contribution in [0.25, 0.3) is 0 Å². The fourth-order valence-corrected chi connectivity index (χ4v) is 5.59. The third-order valence-corrected chi connectivity index (χ3v) is 7.58. The second kappa shape index (κ2) is 9.25. The van der Waals surface area contributed by atoms with Crippen LogP contribution in [0.15, 0.2) is 48.5 Å². The number of nitrogens with zero attached hydrogens (tertiary/aromatic N) is 5. The molecule has 3 amide bonds. The maximum atomic E-state index is 13.3. The molecule has 0 spiro atoms. The molecule has 3 aliphatic rings. The number of nitro groups is 1. The SMILES string of the molecule is CC12CCC(=O)N1c1ccccc1C(=O)N2CCCC(=O)N1CCN(c2ccc([N+](=O)[O-])cc2)CC1. The minimum atomic E-state index is -0.706. The fraction of sp³-hybridized carbons (Fsp3) is 0.423. The van der Waals surface area contributed by atoms with Crippen LogP contribution < -0.4 is 9.80 Å². The second-order valence-electron chi connectivity index (χ2n) is 9.66. The Hall–Kier alpha value is -3.95. The summed E-state index contributed by atoms with van der Waals surface area (Å²) in [5, 5.41) is 10.9. The van der Waals surface area contributed by atoms with Crippen molar-refractivity contribution < 1.29 is 19.3 Å². The number of hydrogen-bond acceptors (Lipinski definition) is 6. The Labute approximate surface area is 209 Å². The molecule has 2 aromatic rings. The Bertz CT molecular complexity index is 1210. The van der Waals surface area contributed by atoms with Crippen molar-refractivity contribution in [2.24, 2.45) is 0 Å². The summed E-state index contributed by atoms with van der Waals surface area (Å²) in [5.74, 6) is -0.0275. The largest absolute Gasteiger partial charge is 0.368 e. The Morgan fingerprint density at radius 1 is 1.03 bits per heavy atom. The van der Waals surface area contributed by atoms with Crippen molar-refractivity contribution in [1.82, 2.24) is 9.80 Å². The lowest BCUT2D eigenvalue weighted by Gasteiger charge is -2.48. The van der Waals surface area contributed by atoms with Crippen molar-refractivity contribution in [3.05, 3.63) is 64.2 Å². The number of carbonyl (C=O) groups excluding carboxylic acids is 3. The van der Waals surface area contributed by atoms with Crippen molar-refractivity contribution in [3.8, 4) is 0 Å². The quantitative estimate of drug-likeness (QED) is 0.454. The van der Waals surface area contributed by atoms with Crippen LogP contribution in [0.5, 0.6) is 0 Å². The number of anilines is 2. The average molecular weight is 492 g/mol. The van der Waals surface area contributed by atoms with Crippen molar-refractivity contribution in [1.29, 1.82) is 0 Å². The molecular weight excluding hydrogens is 462 g/mol. The summed E-state index contributed by atoms with van der Waals surface area (Å²) >= 11 is 0. The summed E-state index contributed by atoms with van der Waals surface area (Å²) in [6.07, 6.45) is 1.82. The molecule has 1 unspecified atom stereocenters. The van der Waals surface area contributed by atoms with E-state index >= 15 is 0 Å². The zero-order valence-electron chi connectivity index (χ0n) is 20.3. The van der Waals surface area contributed by atoms with Gasteiger partial charge in [-0.2, -0.15) is 0 Å². The highest BCUT2D eigenvalue weighted by molar-refractivity contribution is 6.10. The predicted octanol–water partition coefficient (Wildman–Crippen LogP) is 3.02. The molecule has 0 aromatic heterocycles. The summed E-state index contributed by atoms with van der Waals surface area (Å²) in [4.78, 5) is 56.8. The van der Waals surface area contributed by atoms with Crippen LogP contribution in [0.4, 0.5) is 17.1 Å². The van der Waals surface area contributed by atoms with E-state index in [1.807, 2.05) is 24.0 Å². The monoisotopic (exact) mass is 491 g/mol. The first-order valence-corrected chi connectivity index (χ1v) is 12.3. The highest BCUT2D eigenvalue weighted by atomic mass is 16.6. The molecule has 5 rings (SSSR count). The lowest BCUT2D eigenvalue weighted by Crippen LogP contribution is -2.62. The van der Waals surface area contributed by atoms with Crippen molar-refractivity contribution in [2.45, 2.75) is 38.3 Å². The van der Waals surface area contributed by atoms with Crippen LogP contribution in [-0.2, 0) is 9.59 Å². The predicted molar refractivity (Wildman–Crippen MR) is 134 cm³/mol. The first-order chi connectivity index (χ1) is 17.3. The van der Waals surface area contributed by atoms with Gasteiger partial charge in [-0.15, -0.1) is 0 Å². The van der Waals surface area contributed by atoms with E-state index in [4.69, 9.17) is 0 Å². The molecule has 0 radical (unpaired) electrons. The molecule has 2 aromatic carbocycles. The van der Waals surface area contributed by atoms with Crippen molar-refractivity contribution >= 4 is 34.8 Å². The summed E-state index contributed by atoms with van der Waals surface area (Å²) in [5.41, 5.74) is 1.45. The molecule has 0 aliphatic carbocycles.